The van der Waals surface area contributed by atoms with E-state index < -0.39 is 6.04 Å². The molecular formula is C23H25N7O. The monoisotopic (exact) mass is 415 g/mol. The van der Waals surface area contributed by atoms with Gasteiger partial charge in [0.05, 0.1) is 29.7 Å². The molecule has 2 N–H and O–H groups in total. The molecule has 4 rings (SSSR count). The standard InChI is InChI=1S/C23H25N7O/c1-3-4-18(11-24)27-22(31)17-7-5-16(6-8-17)21-15(2)12-25-23(29-21)28-19-13-26-30(14-19)20-9-10-20/h5-8,12-14,18,20H,3-4,9-10H2,1-2H3,(H,27,31)(H,25,28,29). The third kappa shape index (κ3) is 4.89. The SMILES string of the molecule is CCCC(C#N)NC(=O)c1ccc(-c2nc(Nc3cnn(C4CC4)c3)ncc2C)cc1. The Morgan fingerprint density at radius 2 is 2.06 bits per heavy atom. The molecule has 1 aromatic carbocycles. The van der Waals surface area contributed by atoms with Crippen LogP contribution < -0.4 is 10.6 Å². The van der Waals surface area contributed by atoms with Gasteiger partial charge in [-0.1, -0.05) is 25.5 Å². The third-order valence-electron chi connectivity index (χ3n) is 5.21. The highest BCUT2D eigenvalue weighted by Crippen LogP contribution is 2.34. The first-order valence-corrected chi connectivity index (χ1v) is 10.5. The maximum Gasteiger partial charge on any atom is 0.252 e. The number of amides is 1. The van der Waals surface area contributed by atoms with Crippen molar-refractivity contribution in [1.82, 2.24) is 25.1 Å². The Morgan fingerprint density at radius 1 is 1.29 bits per heavy atom. The summed E-state index contributed by atoms with van der Waals surface area (Å²) in [6, 6.07) is 9.39. The fourth-order valence-corrected chi connectivity index (χ4v) is 3.34. The predicted molar refractivity (Wildman–Crippen MR) is 118 cm³/mol. The average Bonchev–Trinajstić information content (AvgIpc) is 3.53. The fraction of sp³-hybridized carbons (Fsp3) is 0.348. The van der Waals surface area contributed by atoms with Gasteiger partial charge in [0.1, 0.15) is 6.04 Å². The summed E-state index contributed by atoms with van der Waals surface area (Å²) in [7, 11) is 0. The number of aryl methyl sites for hydroxylation is 1. The quantitative estimate of drug-likeness (QED) is 0.572. The summed E-state index contributed by atoms with van der Waals surface area (Å²) in [5.74, 6) is 0.246. The number of hydrogen-bond acceptors (Lipinski definition) is 6. The van der Waals surface area contributed by atoms with Crippen LogP contribution in [0.4, 0.5) is 11.6 Å². The minimum Gasteiger partial charge on any atom is -0.336 e. The van der Waals surface area contributed by atoms with Gasteiger partial charge in [0.15, 0.2) is 0 Å². The summed E-state index contributed by atoms with van der Waals surface area (Å²) in [5, 5.41) is 19.5. The van der Waals surface area contributed by atoms with Crippen molar-refractivity contribution < 1.29 is 4.79 Å². The average molecular weight is 416 g/mol. The van der Waals surface area contributed by atoms with Gasteiger partial charge in [0, 0.05) is 23.5 Å². The molecule has 0 bridgehead atoms. The van der Waals surface area contributed by atoms with Gasteiger partial charge in [-0.2, -0.15) is 10.4 Å². The molecule has 1 fully saturated rings. The van der Waals surface area contributed by atoms with Gasteiger partial charge in [0.25, 0.3) is 5.91 Å². The molecule has 0 spiro atoms. The fourth-order valence-electron chi connectivity index (χ4n) is 3.34. The normalized spacial score (nSPS) is 14.0. The van der Waals surface area contributed by atoms with Crippen LogP contribution in [0.15, 0.2) is 42.9 Å². The molecule has 8 heteroatoms. The van der Waals surface area contributed by atoms with Crippen molar-refractivity contribution in [1.29, 1.82) is 5.26 Å². The Labute approximate surface area is 181 Å². The van der Waals surface area contributed by atoms with Crippen LogP contribution in [-0.4, -0.2) is 31.7 Å². The van der Waals surface area contributed by atoms with Crippen molar-refractivity contribution in [3.63, 3.8) is 0 Å². The molecule has 1 aliphatic carbocycles. The molecule has 1 saturated carbocycles. The van der Waals surface area contributed by atoms with E-state index in [-0.39, 0.29) is 5.91 Å². The summed E-state index contributed by atoms with van der Waals surface area (Å²) in [5.41, 5.74) is 3.98. The van der Waals surface area contributed by atoms with E-state index in [0.717, 1.165) is 28.9 Å². The summed E-state index contributed by atoms with van der Waals surface area (Å²) in [6.45, 7) is 3.94. The van der Waals surface area contributed by atoms with Crippen LogP contribution in [0.2, 0.25) is 0 Å². The van der Waals surface area contributed by atoms with Gasteiger partial charge in [0.2, 0.25) is 5.95 Å². The largest absolute Gasteiger partial charge is 0.336 e. The second-order valence-electron chi connectivity index (χ2n) is 7.81. The number of anilines is 2. The number of hydrogen-bond donors (Lipinski definition) is 2. The number of aromatic nitrogens is 4. The molecule has 3 aromatic rings. The minimum atomic E-state index is -0.473. The van der Waals surface area contributed by atoms with Gasteiger partial charge in [-0.3, -0.25) is 9.48 Å². The van der Waals surface area contributed by atoms with E-state index in [0.29, 0.717) is 24.0 Å². The van der Waals surface area contributed by atoms with Gasteiger partial charge >= 0.3 is 0 Å². The predicted octanol–water partition coefficient (Wildman–Crippen LogP) is 4.15. The van der Waals surface area contributed by atoms with Crippen molar-refractivity contribution in [3.8, 4) is 17.3 Å². The smallest absolute Gasteiger partial charge is 0.252 e. The first-order chi connectivity index (χ1) is 15.1. The van der Waals surface area contributed by atoms with Gasteiger partial charge in [-0.05, 0) is 43.9 Å². The minimum absolute atomic E-state index is 0.249. The van der Waals surface area contributed by atoms with Crippen LogP contribution in [0.1, 0.15) is 54.6 Å². The lowest BCUT2D eigenvalue weighted by molar-refractivity contribution is 0.0944. The van der Waals surface area contributed by atoms with Gasteiger partial charge < -0.3 is 10.6 Å². The van der Waals surface area contributed by atoms with Gasteiger partial charge in [-0.15, -0.1) is 0 Å². The molecular weight excluding hydrogens is 390 g/mol. The number of nitriles is 1. The summed E-state index contributed by atoms with van der Waals surface area (Å²) in [4.78, 5) is 21.5. The third-order valence-corrected chi connectivity index (χ3v) is 5.21. The van der Waals surface area contributed by atoms with Crippen molar-refractivity contribution in [3.05, 3.63) is 54.0 Å². The molecule has 2 aromatic heterocycles. The highest BCUT2D eigenvalue weighted by Gasteiger charge is 2.24. The molecule has 1 amide bonds. The van der Waals surface area contributed by atoms with Crippen LogP contribution in [0.3, 0.4) is 0 Å². The Kier molecular flexibility index (Phi) is 5.94. The first kappa shape index (κ1) is 20.5. The Morgan fingerprint density at radius 3 is 2.74 bits per heavy atom. The van der Waals surface area contributed by atoms with E-state index in [2.05, 4.69) is 31.8 Å². The van der Waals surface area contributed by atoms with Crippen molar-refractivity contribution in [2.75, 3.05) is 5.32 Å². The van der Waals surface area contributed by atoms with Crippen LogP contribution in [0.5, 0.6) is 0 Å². The number of nitrogens with one attached hydrogen (secondary N) is 2. The molecule has 1 aliphatic rings. The Balaban J connectivity index is 1.48. The van der Waals surface area contributed by atoms with E-state index >= 15 is 0 Å². The van der Waals surface area contributed by atoms with E-state index in [1.54, 1.807) is 24.5 Å². The number of carbonyl (C=O) groups excluding carboxylic acids is 1. The topological polar surface area (TPSA) is 109 Å². The number of rotatable bonds is 8. The van der Waals surface area contributed by atoms with E-state index in [1.165, 1.54) is 12.8 Å². The summed E-state index contributed by atoms with van der Waals surface area (Å²) < 4.78 is 1.97. The number of benzene rings is 1. The maximum absolute atomic E-state index is 12.4. The highest BCUT2D eigenvalue weighted by atomic mass is 16.1. The second kappa shape index (κ2) is 8.96. The van der Waals surface area contributed by atoms with Crippen LogP contribution in [0.25, 0.3) is 11.3 Å². The summed E-state index contributed by atoms with van der Waals surface area (Å²) >= 11 is 0. The Bertz CT molecular complexity index is 1110. The van der Waals surface area contributed by atoms with E-state index in [9.17, 15) is 4.79 Å². The zero-order valence-electron chi connectivity index (χ0n) is 17.7. The highest BCUT2D eigenvalue weighted by molar-refractivity contribution is 5.95. The van der Waals surface area contributed by atoms with Crippen molar-refractivity contribution in [2.24, 2.45) is 0 Å². The lowest BCUT2D eigenvalue weighted by Gasteiger charge is -2.11. The van der Waals surface area contributed by atoms with Crippen molar-refractivity contribution >= 4 is 17.5 Å². The van der Waals surface area contributed by atoms with Crippen LogP contribution >= 0.6 is 0 Å². The summed E-state index contributed by atoms with van der Waals surface area (Å²) in [6.07, 6.45) is 9.35. The molecule has 0 aliphatic heterocycles. The van der Waals surface area contributed by atoms with Crippen LogP contribution in [-0.2, 0) is 0 Å². The zero-order valence-corrected chi connectivity index (χ0v) is 17.7. The maximum atomic E-state index is 12.4. The molecule has 31 heavy (non-hydrogen) atoms. The van der Waals surface area contributed by atoms with Crippen molar-refractivity contribution in [2.45, 2.75) is 51.6 Å². The Hall–Kier alpha value is -3.73. The molecule has 158 valence electrons. The number of nitrogens with zero attached hydrogens (tertiary/aromatic N) is 5. The zero-order chi connectivity index (χ0) is 21.8. The number of carbonyl (C=O) groups is 1. The molecule has 1 unspecified atom stereocenters. The molecule has 0 saturated heterocycles. The van der Waals surface area contributed by atoms with Gasteiger partial charge in [-0.25, -0.2) is 9.97 Å². The molecule has 1 atom stereocenters. The molecule has 8 nitrogen and oxygen atoms in total. The molecule has 2 heterocycles. The molecule has 0 radical (unpaired) electrons. The van der Waals surface area contributed by atoms with E-state index in [4.69, 9.17) is 5.26 Å². The second-order valence-corrected chi connectivity index (χ2v) is 7.81. The lowest BCUT2D eigenvalue weighted by atomic mass is 10.1. The van der Waals surface area contributed by atoms with E-state index in [1.807, 2.05) is 36.9 Å². The first-order valence-electron chi connectivity index (χ1n) is 10.5. The lowest BCUT2D eigenvalue weighted by Crippen LogP contribution is -2.33. The van der Waals surface area contributed by atoms with Crippen LogP contribution in [0, 0.1) is 18.3 Å².